The van der Waals surface area contributed by atoms with E-state index in [4.69, 9.17) is 9.62 Å². The molecule has 0 aliphatic heterocycles. The minimum absolute atomic E-state index is 0.303. The van der Waals surface area contributed by atoms with E-state index in [1.165, 1.54) is 37.9 Å². The molecule has 0 saturated carbocycles. The van der Waals surface area contributed by atoms with Gasteiger partial charge in [0.15, 0.2) is 6.61 Å². The van der Waals surface area contributed by atoms with Gasteiger partial charge in [0.25, 0.3) is 0 Å². The van der Waals surface area contributed by atoms with Crippen molar-refractivity contribution < 1.29 is 19.3 Å². The topological polar surface area (TPSA) is 44.8 Å². The fraction of sp³-hybridized carbons (Fsp3) is 0.556. The lowest BCUT2D eigenvalue weighted by Crippen LogP contribution is -2.07. The Morgan fingerprint density at radius 2 is 1.82 bits per heavy atom. The van der Waals surface area contributed by atoms with Gasteiger partial charge in [-0.1, -0.05) is 45.2 Å². The van der Waals surface area contributed by atoms with Crippen LogP contribution in [0.2, 0.25) is 0 Å². The van der Waals surface area contributed by atoms with Crippen molar-refractivity contribution in [3.8, 4) is 0 Å². The summed E-state index contributed by atoms with van der Waals surface area (Å²) in [7, 11) is 0. The van der Waals surface area contributed by atoms with Gasteiger partial charge in [0.1, 0.15) is 0 Å². The van der Waals surface area contributed by atoms with Crippen LogP contribution in [0.4, 0.5) is 0 Å². The van der Waals surface area contributed by atoms with Crippen LogP contribution in [0.1, 0.15) is 61.9 Å². The first-order chi connectivity index (χ1) is 10.8. The molecule has 0 aromatic heterocycles. The van der Waals surface area contributed by atoms with Gasteiger partial charge in [-0.2, -0.15) is 4.89 Å². The van der Waals surface area contributed by atoms with E-state index in [1.54, 1.807) is 12.1 Å². The lowest BCUT2D eigenvalue weighted by Gasteiger charge is -2.05. The first-order valence-corrected chi connectivity index (χ1v) is 8.14. The molecular formula is C18H27O4. The molecule has 0 heterocycles. The highest BCUT2D eigenvalue weighted by Gasteiger charge is 2.08. The standard InChI is InChI=1S/C18H27O4/c1-3-5-6-7-8-16-9-11-17(12-10-16)18(19)22-21-15-14-20-13-4-2/h9-12,15H,3-8,13-14H2,1-2H3. The van der Waals surface area contributed by atoms with E-state index in [1.807, 2.05) is 19.1 Å². The Balaban J connectivity index is 2.22. The normalized spacial score (nSPS) is 10.6. The number of carbonyl (C=O) groups is 1. The Bertz CT molecular complexity index is 400. The predicted molar refractivity (Wildman–Crippen MR) is 86.2 cm³/mol. The van der Waals surface area contributed by atoms with Crippen LogP contribution in [0, 0.1) is 6.61 Å². The third-order valence-corrected chi connectivity index (χ3v) is 3.23. The summed E-state index contributed by atoms with van der Waals surface area (Å²) in [5, 5.41) is 0. The van der Waals surface area contributed by atoms with E-state index in [9.17, 15) is 4.79 Å². The molecular weight excluding hydrogens is 280 g/mol. The first-order valence-electron chi connectivity index (χ1n) is 8.14. The van der Waals surface area contributed by atoms with Crippen molar-refractivity contribution in [3.63, 3.8) is 0 Å². The van der Waals surface area contributed by atoms with Gasteiger partial charge in [0, 0.05) is 6.61 Å². The van der Waals surface area contributed by atoms with Crippen LogP contribution in [0.15, 0.2) is 24.3 Å². The monoisotopic (exact) mass is 307 g/mol. The average Bonchev–Trinajstić information content (AvgIpc) is 2.55. The molecule has 4 heteroatoms. The number of unbranched alkanes of at least 4 members (excludes halogenated alkanes) is 3. The summed E-state index contributed by atoms with van der Waals surface area (Å²) >= 11 is 0. The molecule has 22 heavy (non-hydrogen) atoms. The molecule has 1 aromatic carbocycles. The Morgan fingerprint density at radius 3 is 2.50 bits per heavy atom. The Kier molecular flexibility index (Phi) is 10.3. The number of hydrogen-bond acceptors (Lipinski definition) is 4. The molecule has 0 bridgehead atoms. The van der Waals surface area contributed by atoms with Crippen molar-refractivity contribution in [3.05, 3.63) is 42.0 Å². The molecule has 0 saturated heterocycles. The van der Waals surface area contributed by atoms with Crippen molar-refractivity contribution in [2.24, 2.45) is 0 Å². The molecule has 4 nitrogen and oxygen atoms in total. The second-order valence-electron chi connectivity index (χ2n) is 5.22. The molecule has 0 amide bonds. The summed E-state index contributed by atoms with van der Waals surface area (Å²) in [6, 6.07) is 7.48. The summed E-state index contributed by atoms with van der Waals surface area (Å²) in [6.07, 6.45) is 6.95. The van der Waals surface area contributed by atoms with Crippen molar-refractivity contribution in [2.45, 2.75) is 52.4 Å². The molecule has 0 aliphatic rings. The van der Waals surface area contributed by atoms with Crippen molar-refractivity contribution in [1.82, 2.24) is 0 Å². The van der Waals surface area contributed by atoms with Crippen LogP contribution in [0.25, 0.3) is 0 Å². The van der Waals surface area contributed by atoms with Crippen molar-refractivity contribution >= 4 is 5.97 Å². The minimum Gasteiger partial charge on any atom is -0.378 e. The molecule has 1 radical (unpaired) electrons. The molecule has 0 aliphatic carbocycles. The van der Waals surface area contributed by atoms with Crippen LogP contribution >= 0.6 is 0 Å². The summed E-state index contributed by atoms with van der Waals surface area (Å²) in [5.74, 6) is -0.496. The maximum absolute atomic E-state index is 11.7. The molecule has 0 N–H and O–H groups in total. The second-order valence-corrected chi connectivity index (χ2v) is 5.22. The molecule has 1 aromatic rings. The zero-order chi connectivity index (χ0) is 16.0. The van der Waals surface area contributed by atoms with Crippen LogP contribution < -0.4 is 0 Å². The Morgan fingerprint density at radius 1 is 1.05 bits per heavy atom. The highest BCUT2D eigenvalue weighted by molar-refractivity contribution is 5.88. The highest BCUT2D eigenvalue weighted by Crippen LogP contribution is 2.10. The average molecular weight is 307 g/mol. The SMILES string of the molecule is CCCCCCc1ccc(C(=O)OO[CH]COCCC)cc1. The van der Waals surface area contributed by atoms with Gasteiger partial charge >= 0.3 is 5.97 Å². The Hall–Kier alpha value is -1.39. The quantitative estimate of drug-likeness (QED) is 0.324. The van der Waals surface area contributed by atoms with E-state index in [0.29, 0.717) is 18.8 Å². The third kappa shape index (κ3) is 8.15. The lowest BCUT2D eigenvalue weighted by molar-refractivity contribution is -0.218. The van der Waals surface area contributed by atoms with Crippen LogP contribution in [0.5, 0.6) is 0 Å². The largest absolute Gasteiger partial charge is 0.378 e. The number of hydrogen-bond donors (Lipinski definition) is 0. The molecule has 0 fully saturated rings. The molecule has 0 unspecified atom stereocenters. The van der Waals surface area contributed by atoms with Gasteiger partial charge in [-0.15, -0.1) is 0 Å². The maximum Gasteiger partial charge on any atom is 0.373 e. The number of carbonyl (C=O) groups excluding carboxylic acids is 1. The first kappa shape index (κ1) is 18.7. The number of rotatable bonds is 12. The predicted octanol–water partition coefficient (Wildman–Crippen LogP) is 4.49. The lowest BCUT2D eigenvalue weighted by atomic mass is 10.0. The van der Waals surface area contributed by atoms with Crippen molar-refractivity contribution in [2.75, 3.05) is 13.2 Å². The molecule has 0 atom stereocenters. The van der Waals surface area contributed by atoms with Crippen LogP contribution in [0.3, 0.4) is 0 Å². The van der Waals surface area contributed by atoms with Gasteiger partial charge in [-0.05, 0) is 37.0 Å². The van der Waals surface area contributed by atoms with E-state index < -0.39 is 5.97 Å². The van der Waals surface area contributed by atoms with E-state index in [0.717, 1.165) is 12.8 Å². The van der Waals surface area contributed by atoms with Gasteiger partial charge in [0.05, 0.1) is 12.2 Å². The number of benzene rings is 1. The van der Waals surface area contributed by atoms with E-state index in [2.05, 4.69) is 11.8 Å². The van der Waals surface area contributed by atoms with E-state index >= 15 is 0 Å². The smallest absolute Gasteiger partial charge is 0.373 e. The molecule has 0 spiro atoms. The van der Waals surface area contributed by atoms with Gasteiger partial charge in [-0.25, -0.2) is 4.79 Å². The summed E-state index contributed by atoms with van der Waals surface area (Å²) < 4.78 is 5.17. The summed E-state index contributed by atoms with van der Waals surface area (Å²) in [6.45, 7) is 6.52. The van der Waals surface area contributed by atoms with Gasteiger partial charge in [0.2, 0.25) is 0 Å². The second kappa shape index (κ2) is 12.2. The van der Waals surface area contributed by atoms with Crippen molar-refractivity contribution in [1.29, 1.82) is 0 Å². The van der Waals surface area contributed by atoms with Gasteiger partial charge in [-0.3, -0.25) is 4.89 Å². The summed E-state index contributed by atoms with van der Waals surface area (Å²) in [4.78, 5) is 21.1. The maximum atomic E-state index is 11.7. The van der Waals surface area contributed by atoms with E-state index in [-0.39, 0.29) is 0 Å². The fourth-order valence-electron chi connectivity index (χ4n) is 1.99. The third-order valence-electron chi connectivity index (χ3n) is 3.23. The fourth-order valence-corrected chi connectivity index (χ4v) is 1.99. The minimum atomic E-state index is -0.496. The van der Waals surface area contributed by atoms with Gasteiger partial charge < -0.3 is 4.74 Å². The zero-order valence-electron chi connectivity index (χ0n) is 13.7. The van der Waals surface area contributed by atoms with Crippen LogP contribution in [-0.4, -0.2) is 19.2 Å². The zero-order valence-corrected chi connectivity index (χ0v) is 13.7. The highest BCUT2D eigenvalue weighted by atomic mass is 17.2. The molecule has 1 rings (SSSR count). The molecule has 123 valence electrons. The Labute approximate surface area is 133 Å². The number of aryl methyl sites for hydroxylation is 1. The van der Waals surface area contributed by atoms with Crippen LogP contribution in [-0.2, 0) is 20.9 Å². The summed E-state index contributed by atoms with van der Waals surface area (Å²) in [5.41, 5.74) is 1.73. The number of ether oxygens (including phenoxy) is 1.